The van der Waals surface area contributed by atoms with Gasteiger partial charge < -0.3 is 10.1 Å². The summed E-state index contributed by atoms with van der Waals surface area (Å²) in [5.41, 5.74) is 4.38. The third-order valence-corrected chi connectivity index (χ3v) is 4.65. The molecule has 3 aromatic rings. The molecule has 0 fully saturated rings. The molecule has 1 aromatic heterocycles. The van der Waals surface area contributed by atoms with Crippen molar-refractivity contribution in [1.29, 1.82) is 0 Å². The van der Waals surface area contributed by atoms with Gasteiger partial charge in [0.25, 0.3) is 0 Å². The van der Waals surface area contributed by atoms with E-state index < -0.39 is 0 Å². The van der Waals surface area contributed by atoms with Crippen LogP contribution in [-0.2, 0) is 17.6 Å². The Morgan fingerprint density at radius 3 is 2.44 bits per heavy atom. The number of aromatic amines is 1. The molecule has 1 amide bonds. The zero-order chi connectivity index (χ0) is 17.2. The largest absolute Gasteiger partial charge is 0.497 e. The van der Waals surface area contributed by atoms with E-state index in [-0.39, 0.29) is 11.8 Å². The highest BCUT2D eigenvalue weighted by Gasteiger charge is 2.27. The Bertz CT molecular complexity index is 874. The maximum absolute atomic E-state index is 12.5. The number of carbonyl (C=O) groups is 1. The van der Waals surface area contributed by atoms with Gasteiger partial charge in [-0.1, -0.05) is 24.3 Å². The van der Waals surface area contributed by atoms with E-state index in [1.165, 1.54) is 11.1 Å². The number of fused-ring (bicyclic) bond motifs is 1. The van der Waals surface area contributed by atoms with Crippen LogP contribution in [0.5, 0.6) is 5.75 Å². The molecule has 1 heterocycles. The predicted octanol–water partition coefficient (Wildman–Crippen LogP) is 3.44. The van der Waals surface area contributed by atoms with E-state index in [2.05, 4.69) is 27.6 Å². The number of benzene rings is 2. The minimum atomic E-state index is -0.0291. The first-order valence-corrected chi connectivity index (χ1v) is 8.30. The Hall–Kier alpha value is -3.08. The van der Waals surface area contributed by atoms with E-state index in [0.717, 1.165) is 29.8 Å². The third-order valence-electron chi connectivity index (χ3n) is 4.65. The molecule has 2 N–H and O–H groups in total. The molecule has 0 saturated carbocycles. The summed E-state index contributed by atoms with van der Waals surface area (Å²) >= 11 is 0. The van der Waals surface area contributed by atoms with E-state index in [1.54, 1.807) is 7.11 Å². The highest BCUT2D eigenvalue weighted by Crippen LogP contribution is 2.28. The summed E-state index contributed by atoms with van der Waals surface area (Å²) in [4.78, 5) is 12.5. The van der Waals surface area contributed by atoms with Gasteiger partial charge in [-0.3, -0.25) is 9.89 Å². The zero-order valence-electron chi connectivity index (χ0n) is 14.0. The van der Waals surface area contributed by atoms with Crippen LogP contribution >= 0.6 is 0 Å². The molecule has 0 spiro atoms. The molecule has 0 atom stereocenters. The quantitative estimate of drug-likeness (QED) is 0.768. The monoisotopic (exact) mass is 333 g/mol. The standard InChI is InChI=1S/C20H19N3O2/c1-25-17-8-6-13(7-9-17)18-12-19(23-22-18)21-20(24)16-10-14-4-2-3-5-15(14)11-16/h2-9,12,16H,10-11H2,1H3,(H2,21,22,23,24). The maximum Gasteiger partial charge on any atom is 0.229 e. The predicted molar refractivity (Wildman–Crippen MR) is 96.5 cm³/mol. The van der Waals surface area contributed by atoms with Crippen molar-refractivity contribution < 1.29 is 9.53 Å². The summed E-state index contributed by atoms with van der Waals surface area (Å²) in [7, 11) is 1.64. The van der Waals surface area contributed by atoms with Gasteiger partial charge in [-0.2, -0.15) is 5.10 Å². The average Bonchev–Trinajstić information content (AvgIpc) is 3.28. The minimum Gasteiger partial charge on any atom is -0.497 e. The number of amides is 1. The third kappa shape index (κ3) is 3.13. The summed E-state index contributed by atoms with van der Waals surface area (Å²) in [5.74, 6) is 1.34. The topological polar surface area (TPSA) is 67.0 Å². The van der Waals surface area contributed by atoms with Crippen molar-refractivity contribution in [3.8, 4) is 17.0 Å². The molecule has 2 aromatic carbocycles. The fraction of sp³-hybridized carbons (Fsp3) is 0.200. The van der Waals surface area contributed by atoms with Gasteiger partial charge in [0.15, 0.2) is 5.82 Å². The molecule has 1 aliphatic rings. The number of aromatic nitrogens is 2. The molecular weight excluding hydrogens is 314 g/mol. The van der Waals surface area contributed by atoms with Gasteiger partial charge in [0.1, 0.15) is 5.75 Å². The Morgan fingerprint density at radius 1 is 1.12 bits per heavy atom. The number of anilines is 1. The van der Waals surface area contributed by atoms with Gasteiger partial charge in [-0.25, -0.2) is 0 Å². The van der Waals surface area contributed by atoms with Gasteiger partial charge in [0.2, 0.25) is 5.91 Å². The number of nitrogens with zero attached hydrogens (tertiary/aromatic N) is 1. The van der Waals surface area contributed by atoms with Crippen molar-refractivity contribution in [2.24, 2.45) is 5.92 Å². The Morgan fingerprint density at radius 2 is 1.80 bits per heavy atom. The highest BCUT2D eigenvalue weighted by atomic mass is 16.5. The van der Waals surface area contributed by atoms with E-state index in [4.69, 9.17) is 4.74 Å². The number of rotatable bonds is 4. The number of hydrogen-bond donors (Lipinski definition) is 2. The van der Waals surface area contributed by atoms with E-state index in [1.807, 2.05) is 42.5 Å². The van der Waals surface area contributed by atoms with Crippen LogP contribution in [-0.4, -0.2) is 23.2 Å². The lowest BCUT2D eigenvalue weighted by Gasteiger charge is -2.07. The normalized spacial score (nSPS) is 13.5. The highest BCUT2D eigenvalue weighted by molar-refractivity contribution is 5.93. The fourth-order valence-corrected chi connectivity index (χ4v) is 3.28. The molecule has 0 saturated heterocycles. The minimum absolute atomic E-state index is 0.0176. The first-order chi connectivity index (χ1) is 12.2. The van der Waals surface area contributed by atoms with Crippen molar-refractivity contribution in [1.82, 2.24) is 10.2 Å². The van der Waals surface area contributed by atoms with Crippen LogP contribution in [0.4, 0.5) is 5.82 Å². The van der Waals surface area contributed by atoms with Crippen LogP contribution in [0.3, 0.4) is 0 Å². The lowest BCUT2D eigenvalue weighted by Crippen LogP contribution is -2.23. The average molecular weight is 333 g/mol. The van der Waals surface area contributed by atoms with E-state index >= 15 is 0 Å². The van der Waals surface area contributed by atoms with Gasteiger partial charge in [-0.15, -0.1) is 0 Å². The van der Waals surface area contributed by atoms with Crippen molar-refractivity contribution in [3.05, 3.63) is 65.7 Å². The molecule has 1 aliphatic carbocycles. The lowest BCUT2D eigenvalue weighted by molar-refractivity contribution is -0.119. The first kappa shape index (κ1) is 15.4. The second-order valence-electron chi connectivity index (χ2n) is 6.26. The van der Waals surface area contributed by atoms with Crippen LogP contribution in [0.2, 0.25) is 0 Å². The molecule has 4 rings (SSSR count). The van der Waals surface area contributed by atoms with Crippen molar-refractivity contribution in [3.63, 3.8) is 0 Å². The lowest BCUT2D eigenvalue weighted by atomic mass is 10.1. The van der Waals surface area contributed by atoms with Crippen molar-refractivity contribution in [2.75, 3.05) is 12.4 Å². The van der Waals surface area contributed by atoms with Crippen molar-refractivity contribution in [2.45, 2.75) is 12.8 Å². The van der Waals surface area contributed by atoms with Crippen LogP contribution in [0, 0.1) is 5.92 Å². The van der Waals surface area contributed by atoms with Gasteiger partial charge in [-0.05, 0) is 53.8 Å². The second kappa shape index (κ2) is 6.43. The Labute approximate surface area is 146 Å². The molecule has 5 nitrogen and oxygen atoms in total. The zero-order valence-corrected chi connectivity index (χ0v) is 14.0. The van der Waals surface area contributed by atoms with Gasteiger partial charge in [0.05, 0.1) is 12.8 Å². The maximum atomic E-state index is 12.5. The summed E-state index contributed by atoms with van der Waals surface area (Å²) in [6.07, 6.45) is 1.58. The summed E-state index contributed by atoms with van der Waals surface area (Å²) in [5, 5.41) is 10.1. The number of ether oxygens (including phenoxy) is 1. The van der Waals surface area contributed by atoms with E-state index in [0.29, 0.717) is 5.82 Å². The Balaban J connectivity index is 1.43. The van der Waals surface area contributed by atoms with Crippen LogP contribution < -0.4 is 10.1 Å². The SMILES string of the molecule is COc1ccc(-c2cc(NC(=O)C3Cc4ccccc4C3)n[nH]2)cc1. The molecular formula is C20H19N3O2. The smallest absolute Gasteiger partial charge is 0.229 e. The molecule has 25 heavy (non-hydrogen) atoms. The van der Waals surface area contributed by atoms with Crippen molar-refractivity contribution >= 4 is 11.7 Å². The molecule has 5 heteroatoms. The molecule has 0 bridgehead atoms. The molecule has 0 unspecified atom stereocenters. The number of H-pyrrole nitrogens is 1. The summed E-state index contributed by atoms with van der Waals surface area (Å²) in [6, 6.07) is 17.8. The Kier molecular flexibility index (Phi) is 3.98. The number of nitrogens with one attached hydrogen (secondary N) is 2. The first-order valence-electron chi connectivity index (χ1n) is 8.30. The summed E-state index contributed by atoms with van der Waals surface area (Å²) in [6.45, 7) is 0. The number of methoxy groups -OCH3 is 1. The van der Waals surface area contributed by atoms with Crippen LogP contribution in [0.25, 0.3) is 11.3 Å². The summed E-state index contributed by atoms with van der Waals surface area (Å²) < 4.78 is 5.16. The van der Waals surface area contributed by atoms with Gasteiger partial charge in [0, 0.05) is 12.0 Å². The fourth-order valence-electron chi connectivity index (χ4n) is 3.28. The van der Waals surface area contributed by atoms with E-state index in [9.17, 15) is 4.79 Å². The van der Waals surface area contributed by atoms with Crippen LogP contribution in [0.15, 0.2) is 54.6 Å². The molecule has 0 aliphatic heterocycles. The second-order valence-corrected chi connectivity index (χ2v) is 6.26. The van der Waals surface area contributed by atoms with Gasteiger partial charge >= 0.3 is 0 Å². The molecule has 126 valence electrons. The van der Waals surface area contributed by atoms with Crippen LogP contribution in [0.1, 0.15) is 11.1 Å². The molecule has 0 radical (unpaired) electrons. The number of hydrogen-bond acceptors (Lipinski definition) is 3. The number of carbonyl (C=O) groups excluding carboxylic acids is 1.